The molecule has 1 aromatic rings. The normalized spacial score (nSPS) is 18.9. The Hall–Kier alpha value is -1.71. The highest BCUT2D eigenvalue weighted by Gasteiger charge is 2.31. The van der Waals surface area contributed by atoms with E-state index in [4.69, 9.17) is 17.1 Å². The first kappa shape index (κ1) is 12.7. The van der Waals surface area contributed by atoms with Crippen LogP contribution in [0.25, 0.3) is 10.4 Å². The monoisotopic (exact) mass is 264 g/mol. The minimum Gasteiger partial charge on any atom is -0.311 e. The van der Waals surface area contributed by atoms with Crippen LogP contribution in [0.3, 0.4) is 0 Å². The Morgan fingerprint density at radius 3 is 3.06 bits per heavy atom. The number of amides is 1. The van der Waals surface area contributed by atoms with Gasteiger partial charge < -0.3 is 4.90 Å². The summed E-state index contributed by atoms with van der Waals surface area (Å²) in [6, 6.07) is 5.62. The molecular weight excluding hydrogens is 252 g/mol. The summed E-state index contributed by atoms with van der Waals surface area (Å²) in [5.74, 6) is 0.102. The lowest BCUT2D eigenvalue weighted by Crippen LogP contribution is -2.25. The van der Waals surface area contributed by atoms with E-state index in [0.717, 1.165) is 11.3 Å². The molecule has 94 valence electrons. The quantitative estimate of drug-likeness (QED) is 0.469. The molecule has 18 heavy (non-hydrogen) atoms. The van der Waals surface area contributed by atoms with Gasteiger partial charge in [-0.25, -0.2) is 0 Å². The molecule has 0 radical (unpaired) electrons. The second kappa shape index (κ2) is 5.29. The van der Waals surface area contributed by atoms with Gasteiger partial charge in [-0.05, 0) is 36.1 Å². The largest absolute Gasteiger partial charge is 0.311 e. The highest BCUT2D eigenvalue weighted by atomic mass is 35.5. The van der Waals surface area contributed by atoms with Crippen LogP contribution in [-0.2, 0) is 4.79 Å². The standard InChI is InChI=1S/C12H13ClN4O/c1-8-2-3-11(10(13)4-8)17-7-9(5-12(17)18)6-15-16-14/h2-4,9H,5-7H2,1H3. The van der Waals surface area contributed by atoms with E-state index in [1.807, 2.05) is 25.1 Å². The average molecular weight is 265 g/mol. The van der Waals surface area contributed by atoms with Crippen molar-refractivity contribution in [3.63, 3.8) is 0 Å². The summed E-state index contributed by atoms with van der Waals surface area (Å²) in [6.07, 6.45) is 0.406. The van der Waals surface area contributed by atoms with Crippen LogP contribution in [0.15, 0.2) is 23.3 Å². The Morgan fingerprint density at radius 1 is 1.61 bits per heavy atom. The summed E-state index contributed by atoms with van der Waals surface area (Å²) in [5, 5.41) is 4.10. The predicted octanol–water partition coefficient (Wildman–Crippen LogP) is 3.31. The number of aryl methyl sites for hydroxylation is 1. The van der Waals surface area contributed by atoms with Crippen LogP contribution in [0.5, 0.6) is 0 Å². The molecule has 0 saturated carbocycles. The topological polar surface area (TPSA) is 69.1 Å². The molecule has 1 amide bonds. The molecule has 0 bridgehead atoms. The van der Waals surface area contributed by atoms with Gasteiger partial charge in [0.05, 0.1) is 10.7 Å². The van der Waals surface area contributed by atoms with Crippen molar-refractivity contribution in [3.8, 4) is 0 Å². The van der Waals surface area contributed by atoms with Crippen LogP contribution < -0.4 is 4.90 Å². The Bertz CT molecular complexity index is 525. The zero-order valence-electron chi connectivity index (χ0n) is 10.0. The van der Waals surface area contributed by atoms with Crippen LogP contribution in [0.4, 0.5) is 5.69 Å². The van der Waals surface area contributed by atoms with Crippen LogP contribution in [0, 0.1) is 12.8 Å². The van der Waals surface area contributed by atoms with Crippen molar-refractivity contribution in [2.24, 2.45) is 11.0 Å². The zero-order chi connectivity index (χ0) is 13.1. The second-order valence-corrected chi connectivity index (χ2v) is 4.85. The number of anilines is 1. The molecule has 2 rings (SSSR count). The third-order valence-corrected chi connectivity index (χ3v) is 3.30. The summed E-state index contributed by atoms with van der Waals surface area (Å²) in [6.45, 7) is 2.86. The lowest BCUT2D eigenvalue weighted by molar-refractivity contribution is -0.117. The Labute approximate surface area is 110 Å². The molecule has 1 saturated heterocycles. The first-order valence-electron chi connectivity index (χ1n) is 5.69. The molecule has 1 aromatic carbocycles. The maximum Gasteiger partial charge on any atom is 0.227 e. The Balaban J connectivity index is 2.18. The second-order valence-electron chi connectivity index (χ2n) is 4.44. The lowest BCUT2D eigenvalue weighted by atomic mass is 10.1. The van der Waals surface area contributed by atoms with Crippen molar-refractivity contribution in [1.82, 2.24) is 0 Å². The average Bonchev–Trinajstić information content (AvgIpc) is 2.68. The molecule has 0 aliphatic carbocycles. The van der Waals surface area contributed by atoms with Gasteiger partial charge in [-0.15, -0.1) is 0 Å². The maximum atomic E-state index is 11.9. The fourth-order valence-electron chi connectivity index (χ4n) is 2.12. The highest BCUT2D eigenvalue weighted by molar-refractivity contribution is 6.34. The minimum absolute atomic E-state index is 0.0268. The lowest BCUT2D eigenvalue weighted by Gasteiger charge is -2.18. The minimum atomic E-state index is 0.0268. The van der Waals surface area contributed by atoms with Crippen molar-refractivity contribution in [3.05, 3.63) is 39.2 Å². The number of azide groups is 1. The van der Waals surface area contributed by atoms with E-state index >= 15 is 0 Å². The molecule has 1 aliphatic rings. The van der Waals surface area contributed by atoms with Gasteiger partial charge >= 0.3 is 0 Å². The Kier molecular flexibility index (Phi) is 3.75. The van der Waals surface area contributed by atoms with E-state index in [0.29, 0.717) is 24.5 Å². The summed E-state index contributed by atoms with van der Waals surface area (Å²) in [5.41, 5.74) is 10.1. The van der Waals surface area contributed by atoms with Crippen molar-refractivity contribution in [2.45, 2.75) is 13.3 Å². The van der Waals surface area contributed by atoms with Gasteiger partial charge in [0, 0.05) is 24.4 Å². The molecule has 1 atom stereocenters. The molecule has 1 fully saturated rings. The highest BCUT2D eigenvalue weighted by Crippen LogP contribution is 2.31. The van der Waals surface area contributed by atoms with E-state index < -0.39 is 0 Å². The van der Waals surface area contributed by atoms with Gasteiger partial charge in [-0.3, -0.25) is 4.79 Å². The van der Waals surface area contributed by atoms with Crippen molar-refractivity contribution in [1.29, 1.82) is 0 Å². The first-order chi connectivity index (χ1) is 8.61. The molecule has 5 nitrogen and oxygen atoms in total. The number of carbonyl (C=O) groups is 1. The third-order valence-electron chi connectivity index (χ3n) is 3.00. The maximum absolute atomic E-state index is 11.9. The number of benzene rings is 1. The van der Waals surface area contributed by atoms with E-state index in [1.165, 1.54) is 0 Å². The predicted molar refractivity (Wildman–Crippen MR) is 70.7 cm³/mol. The molecule has 1 heterocycles. The molecule has 0 spiro atoms. The first-order valence-corrected chi connectivity index (χ1v) is 6.07. The Morgan fingerprint density at radius 2 is 2.39 bits per heavy atom. The van der Waals surface area contributed by atoms with Gasteiger partial charge in [-0.2, -0.15) is 0 Å². The fraction of sp³-hybridized carbons (Fsp3) is 0.417. The molecular formula is C12H13ClN4O. The van der Waals surface area contributed by atoms with Crippen molar-refractivity contribution in [2.75, 3.05) is 18.0 Å². The van der Waals surface area contributed by atoms with Crippen LogP contribution in [0.2, 0.25) is 5.02 Å². The van der Waals surface area contributed by atoms with E-state index in [-0.39, 0.29) is 11.8 Å². The van der Waals surface area contributed by atoms with E-state index in [2.05, 4.69) is 10.0 Å². The van der Waals surface area contributed by atoms with Gasteiger partial charge in [-0.1, -0.05) is 22.8 Å². The summed E-state index contributed by atoms with van der Waals surface area (Å²) in [4.78, 5) is 16.3. The fourth-order valence-corrected chi connectivity index (χ4v) is 2.46. The third kappa shape index (κ3) is 2.58. The van der Waals surface area contributed by atoms with E-state index in [9.17, 15) is 4.79 Å². The molecule has 1 aliphatic heterocycles. The molecule has 1 unspecified atom stereocenters. The number of carbonyl (C=O) groups excluding carboxylic acids is 1. The number of hydrogen-bond donors (Lipinski definition) is 0. The summed E-state index contributed by atoms with van der Waals surface area (Å²) in [7, 11) is 0. The molecule has 0 N–H and O–H groups in total. The van der Waals surface area contributed by atoms with Gasteiger partial charge in [0.2, 0.25) is 5.91 Å². The van der Waals surface area contributed by atoms with Crippen LogP contribution >= 0.6 is 11.6 Å². The van der Waals surface area contributed by atoms with Gasteiger partial charge in [0.15, 0.2) is 0 Å². The van der Waals surface area contributed by atoms with Crippen LogP contribution in [0.1, 0.15) is 12.0 Å². The molecule has 6 heteroatoms. The number of halogens is 1. The van der Waals surface area contributed by atoms with Crippen molar-refractivity contribution < 1.29 is 4.79 Å². The van der Waals surface area contributed by atoms with Crippen LogP contribution in [-0.4, -0.2) is 19.0 Å². The summed E-state index contributed by atoms with van der Waals surface area (Å²) < 4.78 is 0. The van der Waals surface area contributed by atoms with E-state index in [1.54, 1.807) is 4.90 Å². The number of rotatable bonds is 3. The van der Waals surface area contributed by atoms with Gasteiger partial charge in [0.1, 0.15) is 0 Å². The molecule has 0 aromatic heterocycles. The van der Waals surface area contributed by atoms with Crippen molar-refractivity contribution >= 4 is 23.2 Å². The SMILES string of the molecule is Cc1ccc(N2CC(CN=[N+]=[N-])CC2=O)c(Cl)c1. The number of nitrogens with zero attached hydrogens (tertiary/aromatic N) is 4. The number of hydrogen-bond acceptors (Lipinski definition) is 2. The smallest absolute Gasteiger partial charge is 0.227 e. The zero-order valence-corrected chi connectivity index (χ0v) is 10.8. The summed E-state index contributed by atoms with van der Waals surface area (Å²) >= 11 is 6.15. The van der Waals surface area contributed by atoms with Gasteiger partial charge in [0.25, 0.3) is 0 Å².